The van der Waals surface area contributed by atoms with E-state index in [4.69, 9.17) is 4.98 Å². The van der Waals surface area contributed by atoms with Gasteiger partial charge in [0.2, 0.25) is 11.1 Å². The summed E-state index contributed by atoms with van der Waals surface area (Å²) in [6.45, 7) is 1.40. The second-order valence-electron chi connectivity index (χ2n) is 8.75. The van der Waals surface area contributed by atoms with Crippen molar-refractivity contribution in [2.24, 2.45) is 0 Å². The molecule has 0 saturated heterocycles. The number of unbranched alkanes of at least 4 members (excludes halogenated alkanes) is 1. The van der Waals surface area contributed by atoms with Crippen molar-refractivity contribution >= 4 is 39.7 Å². The third-order valence-corrected chi connectivity index (χ3v) is 7.07. The summed E-state index contributed by atoms with van der Waals surface area (Å²) in [5, 5.41) is 13.7. The average molecular weight is 496 g/mol. The van der Waals surface area contributed by atoms with Gasteiger partial charge in [0.1, 0.15) is 5.52 Å². The SMILES string of the molecule is O=C(CCCCSc1nnc2c3ccccc3n(Cc3ccccc3)c2n1)NCCc1ccccc1. The summed E-state index contributed by atoms with van der Waals surface area (Å²) in [7, 11) is 0. The minimum Gasteiger partial charge on any atom is -0.356 e. The maximum Gasteiger partial charge on any atom is 0.220 e. The van der Waals surface area contributed by atoms with Gasteiger partial charge in [0.15, 0.2) is 5.65 Å². The molecule has 7 heteroatoms. The van der Waals surface area contributed by atoms with Gasteiger partial charge in [-0.05, 0) is 36.5 Å². The smallest absolute Gasteiger partial charge is 0.220 e. The topological polar surface area (TPSA) is 72.7 Å². The predicted molar refractivity (Wildman–Crippen MR) is 146 cm³/mol. The van der Waals surface area contributed by atoms with E-state index >= 15 is 0 Å². The lowest BCUT2D eigenvalue weighted by atomic mass is 10.1. The van der Waals surface area contributed by atoms with E-state index in [9.17, 15) is 4.79 Å². The molecule has 36 heavy (non-hydrogen) atoms. The quantitative estimate of drug-likeness (QED) is 0.189. The van der Waals surface area contributed by atoms with E-state index in [1.165, 1.54) is 11.1 Å². The third kappa shape index (κ3) is 5.91. The molecule has 182 valence electrons. The number of fused-ring (bicyclic) bond motifs is 3. The van der Waals surface area contributed by atoms with E-state index < -0.39 is 0 Å². The number of para-hydroxylation sites is 1. The van der Waals surface area contributed by atoms with Crippen LogP contribution >= 0.6 is 11.8 Å². The van der Waals surface area contributed by atoms with Crippen LogP contribution in [0, 0.1) is 0 Å². The fourth-order valence-electron chi connectivity index (χ4n) is 4.31. The van der Waals surface area contributed by atoms with Crippen molar-refractivity contribution in [2.75, 3.05) is 12.3 Å². The molecule has 5 aromatic rings. The first-order chi connectivity index (χ1) is 17.8. The lowest BCUT2D eigenvalue weighted by Crippen LogP contribution is -2.25. The lowest BCUT2D eigenvalue weighted by molar-refractivity contribution is -0.121. The van der Waals surface area contributed by atoms with Gasteiger partial charge in [-0.15, -0.1) is 10.2 Å². The Morgan fingerprint density at radius 3 is 2.36 bits per heavy atom. The van der Waals surface area contributed by atoms with E-state index in [1.54, 1.807) is 11.8 Å². The largest absolute Gasteiger partial charge is 0.356 e. The van der Waals surface area contributed by atoms with Crippen molar-refractivity contribution in [1.82, 2.24) is 25.1 Å². The molecule has 1 amide bonds. The first-order valence-electron chi connectivity index (χ1n) is 12.4. The van der Waals surface area contributed by atoms with Gasteiger partial charge in [-0.3, -0.25) is 4.79 Å². The molecular weight excluding hydrogens is 466 g/mol. The highest BCUT2D eigenvalue weighted by Crippen LogP contribution is 2.28. The number of amides is 1. The Kier molecular flexibility index (Phi) is 7.88. The summed E-state index contributed by atoms with van der Waals surface area (Å²) in [4.78, 5) is 17.0. The van der Waals surface area contributed by atoms with Crippen molar-refractivity contribution in [3.63, 3.8) is 0 Å². The van der Waals surface area contributed by atoms with Crippen LogP contribution in [0.2, 0.25) is 0 Å². The van der Waals surface area contributed by atoms with Gasteiger partial charge in [-0.25, -0.2) is 4.98 Å². The molecule has 0 aliphatic heterocycles. The van der Waals surface area contributed by atoms with Crippen LogP contribution in [-0.2, 0) is 17.8 Å². The number of hydrogen-bond acceptors (Lipinski definition) is 5. The molecule has 0 fully saturated rings. The van der Waals surface area contributed by atoms with Gasteiger partial charge in [-0.1, -0.05) is 90.6 Å². The Hall–Kier alpha value is -3.71. The first-order valence-corrected chi connectivity index (χ1v) is 13.4. The number of nitrogens with zero attached hydrogens (tertiary/aromatic N) is 4. The number of hydrogen-bond donors (Lipinski definition) is 1. The van der Waals surface area contributed by atoms with Gasteiger partial charge in [0.25, 0.3) is 0 Å². The van der Waals surface area contributed by atoms with Gasteiger partial charge < -0.3 is 9.88 Å². The van der Waals surface area contributed by atoms with E-state index in [-0.39, 0.29) is 5.91 Å². The molecule has 0 saturated carbocycles. The number of rotatable bonds is 11. The Balaban J connectivity index is 1.16. The van der Waals surface area contributed by atoms with Crippen LogP contribution in [0.1, 0.15) is 30.4 Å². The van der Waals surface area contributed by atoms with Crippen LogP contribution in [0.5, 0.6) is 0 Å². The Morgan fingerprint density at radius 2 is 1.56 bits per heavy atom. The van der Waals surface area contributed by atoms with Gasteiger partial charge in [-0.2, -0.15) is 0 Å². The van der Waals surface area contributed by atoms with Crippen LogP contribution in [0.25, 0.3) is 22.1 Å². The van der Waals surface area contributed by atoms with E-state index in [0.29, 0.717) is 18.1 Å². The first kappa shape index (κ1) is 24.0. The molecule has 1 N–H and O–H groups in total. The summed E-state index contributed by atoms with van der Waals surface area (Å²) in [5.74, 6) is 0.962. The van der Waals surface area contributed by atoms with Gasteiger partial charge in [0.05, 0.1) is 5.52 Å². The second kappa shape index (κ2) is 11.8. The lowest BCUT2D eigenvalue weighted by Gasteiger charge is -2.07. The van der Waals surface area contributed by atoms with Crippen molar-refractivity contribution in [3.05, 3.63) is 96.1 Å². The second-order valence-corrected chi connectivity index (χ2v) is 9.81. The number of thioether (sulfide) groups is 1. The summed E-state index contributed by atoms with van der Waals surface area (Å²) in [5.41, 5.74) is 5.25. The molecule has 2 aromatic heterocycles. The number of carbonyl (C=O) groups excluding carboxylic acids is 1. The van der Waals surface area contributed by atoms with E-state index in [1.807, 2.05) is 36.4 Å². The highest BCUT2D eigenvalue weighted by molar-refractivity contribution is 7.99. The molecule has 5 rings (SSSR count). The minimum absolute atomic E-state index is 0.112. The fourth-order valence-corrected chi connectivity index (χ4v) is 5.09. The molecule has 0 bridgehead atoms. The Bertz CT molecular complexity index is 1440. The normalized spacial score (nSPS) is 11.2. The molecule has 0 spiro atoms. The Morgan fingerprint density at radius 1 is 0.833 bits per heavy atom. The van der Waals surface area contributed by atoms with E-state index in [0.717, 1.165) is 53.6 Å². The van der Waals surface area contributed by atoms with Crippen LogP contribution in [0.4, 0.5) is 0 Å². The van der Waals surface area contributed by atoms with Gasteiger partial charge in [0, 0.05) is 30.6 Å². The number of benzene rings is 3. The van der Waals surface area contributed by atoms with Crippen LogP contribution in [0.3, 0.4) is 0 Å². The van der Waals surface area contributed by atoms with E-state index in [2.05, 4.69) is 68.6 Å². The van der Waals surface area contributed by atoms with Crippen molar-refractivity contribution in [3.8, 4) is 0 Å². The number of nitrogens with one attached hydrogen (secondary N) is 1. The standard InChI is InChI=1S/C29H29N5OS/c35-26(30-19-18-22-11-3-1-4-12-22)17-9-10-20-36-29-31-28-27(32-33-29)24-15-7-8-16-25(24)34(28)21-23-13-5-2-6-14-23/h1-8,11-16H,9-10,17-21H2,(H,30,35). The summed E-state index contributed by atoms with van der Waals surface area (Å²) >= 11 is 1.60. The average Bonchev–Trinajstić information content (AvgIpc) is 3.22. The minimum atomic E-state index is 0.112. The number of aromatic nitrogens is 4. The third-order valence-electron chi connectivity index (χ3n) is 6.15. The zero-order valence-corrected chi connectivity index (χ0v) is 21.0. The zero-order chi connectivity index (χ0) is 24.6. The molecule has 0 atom stereocenters. The van der Waals surface area contributed by atoms with Crippen LogP contribution < -0.4 is 5.32 Å². The monoisotopic (exact) mass is 495 g/mol. The zero-order valence-electron chi connectivity index (χ0n) is 20.1. The van der Waals surface area contributed by atoms with Gasteiger partial charge >= 0.3 is 0 Å². The summed E-state index contributed by atoms with van der Waals surface area (Å²) in [6, 6.07) is 28.9. The molecule has 0 radical (unpaired) electrons. The Labute approximate surface area is 215 Å². The number of carbonyl (C=O) groups is 1. The van der Waals surface area contributed by atoms with Crippen LogP contribution in [-0.4, -0.2) is 38.0 Å². The highest BCUT2D eigenvalue weighted by Gasteiger charge is 2.15. The van der Waals surface area contributed by atoms with Crippen molar-refractivity contribution in [2.45, 2.75) is 37.4 Å². The molecule has 0 aliphatic carbocycles. The molecular formula is C29H29N5OS. The molecule has 2 heterocycles. The fraction of sp³-hybridized carbons (Fsp3) is 0.241. The van der Waals surface area contributed by atoms with Crippen LogP contribution in [0.15, 0.2) is 90.1 Å². The molecule has 0 unspecified atom stereocenters. The highest BCUT2D eigenvalue weighted by atomic mass is 32.2. The summed E-state index contributed by atoms with van der Waals surface area (Å²) in [6.07, 6.45) is 3.16. The van der Waals surface area contributed by atoms with Crippen molar-refractivity contribution in [1.29, 1.82) is 0 Å². The predicted octanol–water partition coefficient (Wildman–Crippen LogP) is 5.65. The molecule has 3 aromatic carbocycles. The van der Waals surface area contributed by atoms with Crippen molar-refractivity contribution < 1.29 is 4.79 Å². The maximum absolute atomic E-state index is 12.1. The summed E-state index contributed by atoms with van der Waals surface area (Å²) < 4.78 is 2.22. The molecule has 6 nitrogen and oxygen atoms in total. The maximum atomic E-state index is 12.1. The molecule has 0 aliphatic rings.